The Morgan fingerprint density at radius 3 is 2.79 bits per heavy atom. The van der Waals surface area contributed by atoms with Crippen LogP contribution < -0.4 is 5.32 Å². The molecule has 3 aliphatic carbocycles. The van der Waals surface area contributed by atoms with Crippen LogP contribution in [0.1, 0.15) is 90.2 Å². The minimum absolute atomic E-state index is 0. The van der Waals surface area contributed by atoms with Gasteiger partial charge in [0.05, 0.1) is 11.7 Å². The molecule has 2 heterocycles. The van der Waals surface area contributed by atoms with Crippen LogP contribution in [0.2, 0.25) is 0 Å². The van der Waals surface area contributed by atoms with E-state index in [1.54, 1.807) is 0 Å². The van der Waals surface area contributed by atoms with Crippen molar-refractivity contribution in [3.05, 3.63) is 29.3 Å². The van der Waals surface area contributed by atoms with Gasteiger partial charge >= 0.3 is 0 Å². The van der Waals surface area contributed by atoms with Gasteiger partial charge in [0.25, 0.3) is 0 Å². The number of piperidine rings is 1. The molecule has 0 amide bonds. The van der Waals surface area contributed by atoms with Crippen LogP contribution in [0.25, 0.3) is 0 Å². The van der Waals surface area contributed by atoms with E-state index in [4.69, 9.17) is 4.74 Å². The standard InChI is InChI=1S/C24H33NO2.2CH4/c1-23-10-8-18-17-7-5-16(26)13-15(17)4-6-19(18)20(23)9-11-24(23)14-21-22(27-24)3-2-12-25-21;;/h5,7,13,18-22,25-26H,2-4,6,8-12,14H2,1H3;2*1H4/t18-,19-,20+,21+,22+,23+,24-;;/m1../s1. The van der Waals surface area contributed by atoms with Gasteiger partial charge in [-0.1, -0.05) is 27.8 Å². The van der Waals surface area contributed by atoms with Crippen LogP contribution in [-0.4, -0.2) is 29.4 Å². The Hall–Kier alpha value is -1.06. The quantitative estimate of drug-likeness (QED) is 0.579. The molecule has 0 unspecified atom stereocenters. The van der Waals surface area contributed by atoms with Crippen molar-refractivity contribution in [2.45, 2.75) is 103 Å². The lowest BCUT2D eigenvalue weighted by molar-refractivity contribution is -0.139. The molecule has 162 valence electrons. The predicted molar refractivity (Wildman–Crippen MR) is 119 cm³/mol. The summed E-state index contributed by atoms with van der Waals surface area (Å²) in [4.78, 5) is 0. The van der Waals surface area contributed by atoms with Crippen molar-refractivity contribution in [2.75, 3.05) is 6.54 Å². The fourth-order valence-corrected chi connectivity index (χ4v) is 8.15. The van der Waals surface area contributed by atoms with E-state index in [2.05, 4.69) is 18.3 Å². The maximum atomic E-state index is 9.89. The lowest BCUT2D eigenvalue weighted by Gasteiger charge is -2.53. The number of phenolic OH excluding ortho intramolecular Hbond substituents is 1. The van der Waals surface area contributed by atoms with Gasteiger partial charge in [0.15, 0.2) is 0 Å². The van der Waals surface area contributed by atoms with Gasteiger partial charge in [-0.2, -0.15) is 0 Å². The molecular weight excluding hydrogens is 358 g/mol. The first-order valence-corrected chi connectivity index (χ1v) is 11.3. The maximum Gasteiger partial charge on any atom is 0.115 e. The minimum atomic E-state index is 0. The lowest BCUT2D eigenvalue weighted by Crippen LogP contribution is -2.51. The Labute approximate surface area is 177 Å². The normalized spacial score (nSPS) is 44.7. The zero-order valence-corrected chi connectivity index (χ0v) is 16.5. The number of aromatic hydroxyl groups is 1. The van der Waals surface area contributed by atoms with Gasteiger partial charge in [0, 0.05) is 6.04 Å². The van der Waals surface area contributed by atoms with Gasteiger partial charge in [0.2, 0.25) is 0 Å². The summed E-state index contributed by atoms with van der Waals surface area (Å²) in [6.07, 6.45) is 11.9. The van der Waals surface area contributed by atoms with E-state index in [1.807, 2.05) is 12.1 Å². The molecule has 2 aliphatic heterocycles. The number of phenols is 1. The minimum Gasteiger partial charge on any atom is -0.508 e. The number of ether oxygens (including phenoxy) is 1. The highest BCUT2D eigenvalue weighted by Crippen LogP contribution is 2.68. The molecule has 2 N–H and O–H groups in total. The lowest BCUT2D eigenvalue weighted by atomic mass is 9.53. The van der Waals surface area contributed by atoms with E-state index < -0.39 is 0 Å². The van der Waals surface area contributed by atoms with E-state index in [0.29, 0.717) is 29.2 Å². The first-order chi connectivity index (χ1) is 13.1. The van der Waals surface area contributed by atoms with Gasteiger partial charge < -0.3 is 15.2 Å². The summed E-state index contributed by atoms with van der Waals surface area (Å²) in [5.74, 6) is 2.74. The third-order valence-electron chi connectivity index (χ3n) is 9.45. The molecule has 2 saturated heterocycles. The van der Waals surface area contributed by atoms with Crippen molar-refractivity contribution in [1.82, 2.24) is 5.32 Å². The first-order valence-electron chi connectivity index (χ1n) is 11.3. The number of rotatable bonds is 0. The van der Waals surface area contributed by atoms with Gasteiger partial charge in [-0.05, 0) is 111 Å². The molecule has 6 rings (SSSR count). The highest BCUT2D eigenvalue weighted by atomic mass is 16.5. The van der Waals surface area contributed by atoms with Crippen LogP contribution in [0.5, 0.6) is 5.75 Å². The van der Waals surface area contributed by atoms with Crippen LogP contribution in [0.15, 0.2) is 18.2 Å². The first kappa shape index (κ1) is 21.2. The molecule has 3 heteroatoms. The molecule has 7 atom stereocenters. The van der Waals surface area contributed by atoms with Crippen LogP contribution in [0, 0.1) is 17.3 Å². The Morgan fingerprint density at radius 1 is 1.10 bits per heavy atom. The van der Waals surface area contributed by atoms with E-state index in [9.17, 15) is 5.11 Å². The van der Waals surface area contributed by atoms with Gasteiger partial charge in [0.1, 0.15) is 5.75 Å². The summed E-state index contributed by atoms with van der Waals surface area (Å²) >= 11 is 0. The maximum absolute atomic E-state index is 9.89. The SMILES string of the molecule is C.C.C[C@]12CC[C@@H]3c4ccc(O)cc4CC[C@H]3[C@@H]1CC[C@@]21C[C@@H]2NCCC[C@@H]2O1. The second-order valence-corrected chi connectivity index (χ2v) is 10.4. The van der Waals surface area contributed by atoms with Crippen LogP contribution in [0.3, 0.4) is 0 Å². The summed E-state index contributed by atoms with van der Waals surface area (Å²) in [7, 11) is 0. The van der Waals surface area contributed by atoms with Gasteiger partial charge in [-0.25, -0.2) is 0 Å². The van der Waals surface area contributed by atoms with E-state index in [0.717, 1.165) is 18.3 Å². The monoisotopic (exact) mass is 399 g/mol. The highest BCUT2D eigenvalue weighted by molar-refractivity contribution is 5.40. The van der Waals surface area contributed by atoms with Crippen molar-refractivity contribution < 1.29 is 9.84 Å². The van der Waals surface area contributed by atoms with Crippen LogP contribution >= 0.6 is 0 Å². The molecule has 5 aliphatic rings. The Morgan fingerprint density at radius 2 is 1.97 bits per heavy atom. The molecule has 0 radical (unpaired) electrons. The average molecular weight is 400 g/mol. The van der Waals surface area contributed by atoms with E-state index in [-0.39, 0.29) is 20.5 Å². The summed E-state index contributed by atoms with van der Waals surface area (Å²) in [6, 6.07) is 6.74. The van der Waals surface area contributed by atoms with Crippen molar-refractivity contribution in [1.29, 1.82) is 0 Å². The Kier molecular flexibility index (Phi) is 5.31. The molecule has 3 nitrogen and oxygen atoms in total. The number of hydrogen-bond donors (Lipinski definition) is 2. The molecular formula is C26H41NO2. The molecule has 1 spiro atoms. The summed E-state index contributed by atoms with van der Waals surface area (Å²) in [5.41, 5.74) is 3.42. The average Bonchev–Trinajstić information content (AvgIpc) is 3.19. The largest absolute Gasteiger partial charge is 0.508 e. The van der Waals surface area contributed by atoms with Crippen LogP contribution in [-0.2, 0) is 11.2 Å². The second kappa shape index (κ2) is 7.27. The number of hydrogen-bond acceptors (Lipinski definition) is 3. The fourth-order valence-electron chi connectivity index (χ4n) is 8.15. The summed E-state index contributed by atoms with van der Waals surface area (Å²) < 4.78 is 6.96. The number of aryl methyl sites for hydroxylation is 1. The Balaban J connectivity index is 0.00000102. The highest BCUT2D eigenvalue weighted by Gasteiger charge is 2.66. The van der Waals surface area contributed by atoms with E-state index >= 15 is 0 Å². The van der Waals surface area contributed by atoms with Crippen molar-refractivity contribution in [3.8, 4) is 5.75 Å². The third-order valence-corrected chi connectivity index (χ3v) is 9.45. The molecule has 29 heavy (non-hydrogen) atoms. The Bertz CT molecular complexity index is 747. The van der Waals surface area contributed by atoms with Gasteiger partial charge in [-0.3, -0.25) is 0 Å². The van der Waals surface area contributed by atoms with Gasteiger partial charge in [-0.15, -0.1) is 0 Å². The number of nitrogens with one attached hydrogen (secondary N) is 1. The van der Waals surface area contributed by atoms with Crippen molar-refractivity contribution in [2.24, 2.45) is 17.3 Å². The molecule has 4 fully saturated rings. The molecule has 0 bridgehead atoms. The number of fused-ring (bicyclic) bond motifs is 7. The molecule has 0 aromatic heterocycles. The molecule has 1 aromatic carbocycles. The summed E-state index contributed by atoms with van der Waals surface area (Å²) in [5, 5.41) is 13.7. The molecule has 2 saturated carbocycles. The summed E-state index contributed by atoms with van der Waals surface area (Å²) in [6.45, 7) is 3.76. The number of benzene rings is 1. The smallest absolute Gasteiger partial charge is 0.115 e. The van der Waals surface area contributed by atoms with Crippen molar-refractivity contribution >= 4 is 0 Å². The van der Waals surface area contributed by atoms with E-state index in [1.165, 1.54) is 69.0 Å². The fraction of sp³-hybridized carbons (Fsp3) is 0.769. The second-order valence-electron chi connectivity index (χ2n) is 10.4. The van der Waals surface area contributed by atoms with Crippen molar-refractivity contribution in [3.63, 3.8) is 0 Å². The third kappa shape index (κ3) is 2.83. The zero-order valence-electron chi connectivity index (χ0n) is 16.5. The predicted octanol–water partition coefficient (Wildman–Crippen LogP) is 5.80. The van der Waals surface area contributed by atoms with Crippen LogP contribution in [0.4, 0.5) is 0 Å². The topological polar surface area (TPSA) is 41.5 Å². The zero-order chi connectivity index (χ0) is 18.2. The molecule has 1 aromatic rings.